The molecule has 0 unspecified atom stereocenters. The summed E-state index contributed by atoms with van der Waals surface area (Å²) in [5, 5.41) is 14.5. The van der Waals surface area contributed by atoms with E-state index >= 15 is 0 Å². The van der Waals surface area contributed by atoms with E-state index in [1.165, 1.54) is 25.2 Å². The van der Waals surface area contributed by atoms with Crippen molar-refractivity contribution < 1.29 is 5.11 Å². The average molecular weight is 513 g/mol. The SMILES string of the molecule is CC(C)c1[nH]n(-c2c(Cl)cncc2Cl)c2nc(Cc3ccc(CN4CCCC4)c(O)c3)nc(=O)c1-2. The minimum Gasteiger partial charge on any atom is -0.508 e. The fraction of sp³-hybridized carbons (Fsp3) is 0.360. The highest BCUT2D eigenvalue weighted by Crippen LogP contribution is 2.34. The van der Waals surface area contributed by atoms with Crippen LogP contribution in [0, 0.1) is 0 Å². The third-order valence-electron chi connectivity index (χ3n) is 6.35. The molecular formula is C25H26Cl2N6O2. The summed E-state index contributed by atoms with van der Waals surface area (Å²) < 4.78 is 1.63. The smallest absolute Gasteiger partial charge is 0.284 e. The lowest BCUT2D eigenvalue weighted by molar-refractivity contribution is 0.324. The molecule has 0 amide bonds. The second-order valence-electron chi connectivity index (χ2n) is 9.23. The van der Waals surface area contributed by atoms with Crippen LogP contribution in [0.4, 0.5) is 0 Å². The molecule has 10 heteroatoms. The molecule has 0 spiro atoms. The van der Waals surface area contributed by atoms with Gasteiger partial charge in [0.1, 0.15) is 22.8 Å². The first-order chi connectivity index (χ1) is 16.8. The number of nitrogens with zero attached hydrogens (tertiary/aromatic N) is 5. The number of aromatic nitrogens is 5. The molecule has 35 heavy (non-hydrogen) atoms. The highest BCUT2D eigenvalue weighted by atomic mass is 35.5. The van der Waals surface area contributed by atoms with Crippen LogP contribution in [-0.4, -0.2) is 47.8 Å². The lowest BCUT2D eigenvalue weighted by Gasteiger charge is -2.16. The van der Waals surface area contributed by atoms with E-state index in [1.54, 1.807) is 10.7 Å². The summed E-state index contributed by atoms with van der Waals surface area (Å²) in [6.07, 6.45) is 5.67. The van der Waals surface area contributed by atoms with Crippen LogP contribution in [0.3, 0.4) is 0 Å². The standard InChI is InChI=1S/C25H26Cl2N6O2/c1-14(2)22-21-24(33(31-22)23-17(26)11-28-12-18(23)27)29-20(30-25(21)35)10-15-5-6-16(19(34)9-15)13-32-7-3-4-8-32/h5-6,9,11-12,14,31,34H,3-4,7-8,10,13H2,1-2H3. The Labute approximate surface area is 212 Å². The van der Waals surface area contributed by atoms with E-state index < -0.39 is 0 Å². The molecule has 1 aromatic heterocycles. The zero-order valence-electron chi connectivity index (χ0n) is 19.6. The Kier molecular flexibility index (Phi) is 6.53. The number of aromatic amines is 1. The Morgan fingerprint density at radius 2 is 1.83 bits per heavy atom. The molecule has 1 saturated heterocycles. The summed E-state index contributed by atoms with van der Waals surface area (Å²) in [4.78, 5) is 28.5. The van der Waals surface area contributed by atoms with Gasteiger partial charge in [0.25, 0.3) is 5.56 Å². The Balaban J connectivity index is 1.54. The molecule has 1 aromatic carbocycles. The quantitative estimate of drug-likeness (QED) is 0.385. The van der Waals surface area contributed by atoms with Gasteiger partial charge in [0.15, 0.2) is 5.82 Å². The van der Waals surface area contributed by atoms with Gasteiger partial charge in [-0.15, -0.1) is 0 Å². The van der Waals surface area contributed by atoms with Gasteiger partial charge in [0.05, 0.1) is 15.7 Å². The molecule has 3 aliphatic rings. The summed E-state index contributed by atoms with van der Waals surface area (Å²) in [6, 6.07) is 5.61. The molecule has 3 aliphatic heterocycles. The van der Waals surface area contributed by atoms with Crippen molar-refractivity contribution in [3.8, 4) is 22.8 Å². The highest BCUT2D eigenvalue weighted by molar-refractivity contribution is 6.37. The van der Waals surface area contributed by atoms with Crippen LogP contribution in [-0.2, 0) is 13.0 Å². The van der Waals surface area contributed by atoms with E-state index in [4.69, 9.17) is 28.2 Å². The number of benzene rings is 1. The fourth-order valence-corrected chi connectivity index (χ4v) is 5.13. The predicted molar refractivity (Wildman–Crippen MR) is 136 cm³/mol. The maximum absolute atomic E-state index is 13.1. The molecule has 8 nitrogen and oxygen atoms in total. The largest absolute Gasteiger partial charge is 0.508 e. The molecule has 0 radical (unpaired) electrons. The van der Waals surface area contributed by atoms with Gasteiger partial charge in [-0.1, -0.05) is 49.2 Å². The first kappa shape index (κ1) is 23.8. The minimum atomic E-state index is -0.375. The van der Waals surface area contributed by atoms with E-state index in [0.29, 0.717) is 45.1 Å². The number of phenolic OH excluding ortho intramolecular Hbond substituents is 1. The highest BCUT2D eigenvalue weighted by Gasteiger charge is 2.27. The maximum Gasteiger partial charge on any atom is 0.284 e. The van der Waals surface area contributed by atoms with Crippen molar-refractivity contribution in [2.75, 3.05) is 13.1 Å². The van der Waals surface area contributed by atoms with Gasteiger partial charge < -0.3 is 5.11 Å². The van der Waals surface area contributed by atoms with Crippen LogP contribution >= 0.6 is 23.2 Å². The van der Waals surface area contributed by atoms with Crippen molar-refractivity contribution >= 4 is 23.2 Å². The summed E-state index contributed by atoms with van der Waals surface area (Å²) in [5.74, 6) is 1.000. The van der Waals surface area contributed by atoms with Crippen molar-refractivity contribution in [2.45, 2.75) is 45.6 Å². The lowest BCUT2D eigenvalue weighted by atomic mass is 10.0. The number of aromatic hydroxyl groups is 1. The number of fused-ring (bicyclic) bond motifs is 1. The normalized spacial score (nSPS) is 14.4. The van der Waals surface area contributed by atoms with Crippen molar-refractivity contribution in [1.82, 2.24) is 29.6 Å². The van der Waals surface area contributed by atoms with Crippen molar-refractivity contribution in [3.63, 3.8) is 0 Å². The van der Waals surface area contributed by atoms with Crippen LogP contribution in [0.5, 0.6) is 5.75 Å². The van der Waals surface area contributed by atoms with Gasteiger partial charge in [-0.25, -0.2) is 9.67 Å². The number of nitrogens with one attached hydrogen (secondary N) is 1. The van der Waals surface area contributed by atoms with Crippen molar-refractivity contribution in [3.05, 3.63) is 73.6 Å². The second kappa shape index (κ2) is 9.60. The van der Waals surface area contributed by atoms with E-state index in [9.17, 15) is 9.90 Å². The number of pyridine rings is 1. The summed E-state index contributed by atoms with van der Waals surface area (Å²) >= 11 is 12.8. The third kappa shape index (κ3) is 4.66. The third-order valence-corrected chi connectivity index (χ3v) is 6.90. The van der Waals surface area contributed by atoms with Crippen molar-refractivity contribution in [1.29, 1.82) is 0 Å². The Morgan fingerprint density at radius 1 is 1.11 bits per heavy atom. The Bertz CT molecular complexity index is 1390. The molecule has 2 aromatic rings. The van der Waals surface area contributed by atoms with Gasteiger partial charge in [-0.2, -0.15) is 4.98 Å². The Hall–Kier alpha value is -2.94. The van der Waals surface area contributed by atoms with Crippen molar-refractivity contribution in [2.24, 2.45) is 0 Å². The molecule has 0 atom stereocenters. The number of likely N-dealkylation sites (tertiary alicyclic amines) is 1. The first-order valence-corrected chi connectivity index (χ1v) is 12.4. The molecule has 0 aliphatic carbocycles. The molecule has 4 heterocycles. The summed E-state index contributed by atoms with van der Waals surface area (Å²) in [7, 11) is 0. The fourth-order valence-electron chi connectivity index (χ4n) is 4.59. The van der Waals surface area contributed by atoms with Gasteiger partial charge in [-0.3, -0.25) is 19.8 Å². The summed E-state index contributed by atoms with van der Waals surface area (Å²) in [5.41, 5.74) is 2.90. The van der Waals surface area contributed by atoms with Crippen LogP contribution in [0.15, 0.2) is 35.4 Å². The van der Waals surface area contributed by atoms with E-state index in [-0.39, 0.29) is 17.2 Å². The monoisotopic (exact) mass is 512 g/mol. The number of halogens is 2. The molecule has 1 fully saturated rings. The number of hydrogen-bond acceptors (Lipinski definition) is 6. The number of hydrogen-bond donors (Lipinski definition) is 2. The van der Waals surface area contributed by atoms with E-state index in [2.05, 4.69) is 20.0 Å². The molecular weight excluding hydrogens is 487 g/mol. The van der Waals surface area contributed by atoms with Gasteiger partial charge in [0, 0.05) is 30.9 Å². The maximum atomic E-state index is 13.1. The van der Waals surface area contributed by atoms with E-state index in [0.717, 1.165) is 30.8 Å². The zero-order valence-corrected chi connectivity index (χ0v) is 21.1. The van der Waals surface area contributed by atoms with Gasteiger partial charge in [-0.05, 0) is 43.5 Å². The van der Waals surface area contributed by atoms with Crippen LogP contribution < -0.4 is 5.56 Å². The van der Waals surface area contributed by atoms with Crippen LogP contribution in [0.2, 0.25) is 10.0 Å². The van der Waals surface area contributed by atoms with E-state index in [1.807, 2.05) is 26.0 Å². The van der Waals surface area contributed by atoms with Gasteiger partial charge in [0.2, 0.25) is 0 Å². The minimum absolute atomic E-state index is 0.0142. The lowest BCUT2D eigenvalue weighted by Crippen LogP contribution is -2.18. The molecule has 0 bridgehead atoms. The second-order valence-corrected chi connectivity index (χ2v) is 10.0. The number of rotatable bonds is 6. The zero-order chi connectivity index (χ0) is 24.7. The molecule has 5 rings (SSSR count). The average Bonchev–Trinajstić information content (AvgIpc) is 3.44. The topological polar surface area (TPSA) is 99.9 Å². The summed E-state index contributed by atoms with van der Waals surface area (Å²) in [6.45, 7) is 6.80. The van der Waals surface area contributed by atoms with Gasteiger partial charge >= 0.3 is 0 Å². The van der Waals surface area contributed by atoms with Crippen LogP contribution in [0.25, 0.3) is 17.1 Å². The van der Waals surface area contributed by atoms with Crippen LogP contribution in [0.1, 0.15) is 55.3 Å². The molecule has 0 saturated carbocycles. The predicted octanol–water partition coefficient (Wildman–Crippen LogP) is 4.78. The molecule has 182 valence electrons. The number of H-pyrrole nitrogens is 1. The number of phenols is 1. The first-order valence-electron chi connectivity index (χ1n) is 11.7. The Morgan fingerprint density at radius 3 is 2.49 bits per heavy atom. The molecule has 2 N–H and O–H groups in total.